The molecule has 0 amide bonds. The molecule has 82 valence electrons. The topological polar surface area (TPSA) is 17.1 Å². The molecule has 0 unspecified atom stereocenters. The van der Waals surface area contributed by atoms with E-state index in [4.69, 9.17) is 0 Å². The zero-order valence-electron chi connectivity index (χ0n) is 10.3. The molecular weight excluding hydrogens is 184 g/mol. The van der Waals surface area contributed by atoms with Gasteiger partial charge in [-0.25, -0.2) is 0 Å². The molecule has 0 N–H and O–H groups in total. The summed E-state index contributed by atoms with van der Waals surface area (Å²) in [5.41, 5.74) is 4.81. The second kappa shape index (κ2) is 4.18. The molecule has 2 rings (SSSR count). The number of benzene rings is 1. The normalized spacial score (nSPS) is 11.9. The maximum atomic E-state index is 9.50. The van der Waals surface area contributed by atoms with Gasteiger partial charge in [-0.1, -0.05) is 46.8 Å². The van der Waals surface area contributed by atoms with Gasteiger partial charge in [0.1, 0.15) is 6.29 Å². The Kier molecular flexibility index (Phi) is 3.33. The van der Waals surface area contributed by atoms with Gasteiger partial charge in [-0.15, -0.1) is 0 Å². The van der Waals surface area contributed by atoms with Crippen LogP contribution in [0.1, 0.15) is 40.2 Å². The third-order valence-electron chi connectivity index (χ3n) is 2.41. The largest absolute Gasteiger partial charge is 0.303 e. The molecular formula is C14H20O. The number of hydrogen-bond donors (Lipinski definition) is 0. The van der Waals surface area contributed by atoms with E-state index in [1.165, 1.54) is 16.7 Å². The summed E-state index contributed by atoms with van der Waals surface area (Å²) in [5, 5.41) is 0. The van der Waals surface area contributed by atoms with E-state index in [0.29, 0.717) is 5.41 Å². The van der Waals surface area contributed by atoms with Crippen molar-refractivity contribution in [2.75, 3.05) is 0 Å². The van der Waals surface area contributed by atoms with Crippen LogP contribution in [0.4, 0.5) is 0 Å². The molecule has 0 aromatic carbocycles. The first-order chi connectivity index (χ1) is 6.86. The molecule has 0 bridgehead atoms. The fourth-order valence-electron chi connectivity index (χ4n) is 1.41. The van der Waals surface area contributed by atoms with Gasteiger partial charge < -0.3 is 4.79 Å². The van der Waals surface area contributed by atoms with Crippen LogP contribution in [0, 0.1) is 5.92 Å². The second-order valence-electron chi connectivity index (χ2n) is 5.39. The van der Waals surface area contributed by atoms with Crippen molar-refractivity contribution < 1.29 is 4.79 Å². The lowest BCUT2D eigenvalue weighted by molar-refractivity contribution is -0.110. The van der Waals surface area contributed by atoms with Crippen LogP contribution in [0.15, 0.2) is 18.2 Å². The predicted octanol–water partition coefficient (Wildman–Crippen LogP) is 3.81. The first-order valence-electron chi connectivity index (χ1n) is 5.46. The van der Waals surface area contributed by atoms with Crippen LogP contribution < -0.4 is 0 Å². The molecule has 0 fully saturated rings. The average molecular weight is 204 g/mol. The number of hydrogen-bond acceptors (Lipinski definition) is 1. The summed E-state index contributed by atoms with van der Waals surface area (Å²) in [6, 6.07) is 6.66. The summed E-state index contributed by atoms with van der Waals surface area (Å²) >= 11 is 0. The zero-order valence-corrected chi connectivity index (χ0v) is 10.3. The number of fused-ring (bicyclic) bond motifs is 1. The SMILES string of the molecule is CC(C)(C)c1cc2ccc1-2.CC(C)C=O. The van der Waals surface area contributed by atoms with Crippen molar-refractivity contribution in [3.8, 4) is 11.1 Å². The average Bonchev–Trinajstić information content (AvgIpc) is 2.09. The second-order valence-corrected chi connectivity index (χ2v) is 5.39. The van der Waals surface area contributed by atoms with Crippen LogP contribution in [0.3, 0.4) is 0 Å². The van der Waals surface area contributed by atoms with E-state index in [1.807, 2.05) is 13.8 Å². The van der Waals surface area contributed by atoms with Crippen molar-refractivity contribution in [2.24, 2.45) is 5.92 Å². The number of rotatable bonds is 1. The fourth-order valence-corrected chi connectivity index (χ4v) is 1.41. The van der Waals surface area contributed by atoms with Gasteiger partial charge >= 0.3 is 0 Å². The summed E-state index contributed by atoms with van der Waals surface area (Å²) in [6.07, 6.45) is 0.917. The minimum atomic E-state index is 0.204. The Hall–Kier alpha value is -1.11. The van der Waals surface area contributed by atoms with E-state index in [9.17, 15) is 4.79 Å². The first-order valence-corrected chi connectivity index (χ1v) is 5.46. The minimum Gasteiger partial charge on any atom is -0.303 e. The van der Waals surface area contributed by atoms with Gasteiger partial charge in [0.15, 0.2) is 0 Å². The molecule has 0 saturated carbocycles. The highest BCUT2D eigenvalue weighted by atomic mass is 16.1. The van der Waals surface area contributed by atoms with E-state index < -0.39 is 0 Å². The van der Waals surface area contributed by atoms with Crippen molar-refractivity contribution in [2.45, 2.75) is 40.0 Å². The van der Waals surface area contributed by atoms with Crippen LogP contribution in [0.5, 0.6) is 0 Å². The highest BCUT2D eigenvalue weighted by molar-refractivity contribution is 5.82. The standard InChI is InChI=1S/C10H12.C4H8O/c1-10(2,3)9-6-7-4-5-8(7)9;1-4(2)3-5/h4-6H,1-3H3;3-4H,1-2H3. The van der Waals surface area contributed by atoms with Crippen molar-refractivity contribution in [1.82, 2.24) is 0 Å². The van der Waals surface area contributed by atoms with Crippen LogP contribution in [-0.4, -0.2) is 6.29 Å². The molecule has 0 spiro atoms. The molecule has 2 aliphatic carbocycles. The van der Waals surface area contributed by atoms with Crippen LogP contribution in [0.2, 0.25) is 0 Å². The lowest BCUT2D eigenvalue weighted by Crippen LogP contribution is -2.17. The molecule has 2 aliphatic rings. The molecule has 0 aromatic heterocycles. The Balaban J connectivity index is 0.000000195. The van der Waals surface area contributed by atoms with E-state index in [0.717, 1.165) is 6.29 Å². The number of aldehydes is 1. The zero-order chi connectivity index (χ0) is 11.6. The van der Waals surface area contributed by atoms with Gasteiger partial charge in [0.2, 0.25) is 0 Å². The Morgan fingerprint density at radius 1 is 1.20 bits per heavy atom. The Bertz CT molecular complexity index is 356. The van der Waals surface area contributed by atoms with Gasteiger partial charge in [0.25, 0.3) is 0 Å². The number of carbonyl (C=O) groups is 1. The van der Waals surface area contributed by atoms with Gasteiger partial charge in [0, 0.05) is 5.92 Å². The van der Waals surface area contributed by atoms with E-state index in [2.05, 4.69) is 39.0 Å². The summed E-state index contributed by atoms with van der Waals surface area (Å²) < 4.78 is 0. The summed E-state index contributed by atoms with van der Waals surface area (Å²) in [7, 11) is 0. The van der Waals surface area contributed by atoms with Crippen LogP contribution in [0.25, 0.3) is 11.1 Å². The van der Waals surface area contributed by atoms with Crippen molar-refractivity contribution >= 4 is 6.29 Å². The molecule has 0 saturated heterocycles. The first kappa shape index (κ1) is 12.0. The smallest absolute Gasteiger partial charge is 0.122 e. The predicted molar refractivity (Wildman–Crippen MR) is 65.0 cm³/mol. The molecule has 0 aliphatic heterocycles. The molecule has 0 radical (unpaired) electrons. The monoisotopic (exact) mass is 204 g/mol. The highest BCUT2D eigenvalue weighted by Crippen LogP contribution is 2.42. The molecule has 1 nitrogen and oxygen atoms in total. The Labute approximate surface area is 92.5 Å². The van der Waals surface area contributed by atoms with Gasteiger partial charge in [-0.3, -0.25) is 0 Å². The van der Waals surface area contributed by atoms with E-state index in [1.54, 1.807) is 0 Å². The van der Waals surface area contributed by atoms with E-state index >= 15 is 0 Å². The molecule has 15 heavy (non-hydrogen) atoms. The maximum absolute atomic E-state index is 9.50. The van der Waals surface area contributed by atoms with Gasteiger partial charge in [-0.05, 0) is 28.2 Å². The number of carbonyl (C=O) groups excluding carboxylic acids is 1. The highest BCUT2D eigenvalue weighted by Gasteiger charge is 2.25. The summed E-state index contributed by atoms with van der Waals surface area (Å²) in [5.74, 6) is 0.204. The lowest BCUT2D eigenvalue weighted by Gasteiger charge is -2.30. The third-order valence-corrected chi connectivity index (χ3v) is 2.41. The van der Waals surface area contributed by atoms with Crippen molar-refractivity contribution in [3.63, 3.8) is 0 Å². The van der Waals surface area contributed by atoms with Gasteiger partial charge in [-0.2, -0.15) is 0 Å². The maximum Gasteiger partial charge on any atom is 0.122 e. The van der Waals surface area contributed by atoms with Crippen LogP contribution >= 0.6 is 0 Å². The minimum absolute atomic E-state index is 0.204. The molecule has 1 heteroatoms. The summed E-state index contributed by atoms with van der Waals surface area (Å²) in [6.45, 7) is 10.5. The Morgan fingerprint density at radius 2 is 1.73 bits per heavy atom. The van der Waals surface area contributed by atoms with Crippen molar-refractivity contribution in [1.29, 1.82) is 0 Å². The molecule has 0 aromatic rings. The fraction of sp³-hybridized carbons (Fsp3) is 0.500. The van der Waals surface area contributed by atoms with Gasteiger partial charge in [0.05, 0.1) is 0 Å². The van der Waals surface area contributed by atoms with E-state index in [-0.39, 0.29) is 5.92 Å². The quantitative estimate of drug-likeness (QED) is 0.646. The van der Waals surface area contributed by atoms with Crippen LogP contribution in [-0.2, 0) is 10.2 Å². The lowest BCUT2D eigenvalue weighted by atomic mass is 9.74. The van der Waals surface area contributed by atoms with Crippen molar-refractivity contribution in [3.05, 3.63) is 23.8 Å². The molecule has 0 atom stereocenters. The summed E-state index contributed by atoms with van der Waals surface area (Å²) in [4.78, 5) is 9.50. The third kappa shape index (κ3) is 2.68. The Morgan fingerprint density at radius 3 is 1.80 bits per heavy atom. The molecule has 0 heterocycles.